The highest BCUT2D eigenvalue weighted by Crippen LogP contribution is 2.32. The Kier molecular flexibility index (Phi) is 6.21. The summed E-state index contributed by atoms with van der Waals surface area (Å²) in [5.41, 5.74) is 1.95. The number of aromatic amines is 1. The van der Waals surface area contributed by atoms with Crippen molar-refractivity contribution in [1.29, 1.82) is 0 Å². The zero-order chi connectivity index (χ0) is 22.9. The van der Waals surface area contributed by atoms with Gasteiger partial charge in [-0.3, -0.25) is 4.79 Å². The summed E-state index contributed by atoms with van der Waals surface area (Å²) in [4.78, 5) is 20.7. The van der Waals surface area contributed by atoms with Crippen LogP contribution in [0, 0.1) is 0 Å². The fraction of sp³-hybridized carbons (Fsp3) is 0.391. The number of methoxy groups -OCH3 is 1. The predicted molar refractivity (Wildman–Crippen MR) is 122 cm³/mol. The van der Waals surface area contributed by atoms with Gasteiger partial charge in [-0.2, -0.15) is 4.31 Å². The number of amides is 1. The highest BCUT2D eigenvalue weighted by atomic mass is 32.2. The van der Waals surface area contributed by atoms with Crippen LogP contribution in [-0.4, -0.2) is 48.3 Å². The number of hydrogen-bond donors (Lipinski definition) is 2. The summed E-state index contributed by atoms with van der Waals surface area (Å²) in [6.07, 6.45) is 2.64. The quantitative estimate of drug-likeness (QED) is 0.589. The van der Waals surface area contributed by atoms with Gasteiger partial charge in [0.15, 0.2) is 0 Å². The monoisotopic (exact) mass is 456 g/mol. The van der Waals surface area contributed by atoms with Gasteiger partial charge in [0.2, 0.25) is 10.0 Å². The number of nitrogens with one attached hydrogen (secondary N) is 2. The third-order valence-corrected chi connectivity index (χ3v) is 7.95. The summed E-state index contributed by atoms with van der Waals surface area (Å²) in [6, 6.07) is 11.6. The Morgan fingerprint density at radius 3 is 2.75 bits per heavy atom. The molecular weight excluding hydrogens is 428 g/mol. The van der Waals surface area contributed by atoms with Crippen LogP contribution in [0.2, 0.25) is 0 Å². The predicted octanol–water partition coefficient (Wildman–Crippen LogP) is 3.63. The van der Waals surface area contributed by atoms with Crippen LogP contribution < -0.4 is 10.1 Å². The van der Waals surface area contributed by atoms with Gasteiger partial charge in [0, 0.05) is 18.2 Å². The molecule has 3 aromatic rings. The molecule has 0 bridgehead atoms. The molecule has 9 heteroatoms. The lowest BCUT2D eigenvalue weighted by atomic mass is 10.1. The van der Waals surface area contributed by atoms with Gasteiger partial charge in [0.05, 0.1) is 24.2 Å². The maximum Gasteiger partial charge on any atom is 0.251 e. The van der Waals surface area contributed by atoms with E-state index in [4.69, 9.17) is 4.74 Å². The lowest BCUT2D eigenvalue weighted by Crippen LogP contribution is -2.42. The summed E-state index contributed by atoms with van der Waals surface area (Å²) >= 11 is 0. The zero-order valence-electron chi connectivity index (χ0n) is 18.5. The Morgan fingerprint density at radius 1 is 1.25 bits per heavy atom. The number of carbonyl (C=O) groups excluding carboxylic acids is 1. The average Bonchev–Trinajstić information content (AvgIpc) is 3.23. The lowest BCUT2D eigenvalue weighted by Gasteiger charge is -2.32. The summed E-state index contributed by atoms with van der Waals surface area (Å²) in [7, 11) is -2.37. The summed E-state index contributed by atoms with van der Waals surface area (Å²) in [5, 5.41) is 2.90. The molecule has 0 saturated carbocycles. The minimum Gasteiger partial charge on any atom is -0.495 e. The second kappa shape index (κ2) is 8.91. The molecule has 1 aliphatic rings. The SMILES string of the molecule is COc1ccc(C(=O)N[C@@H](C)c2nc3ccccc3[nH]2)cc1S(=O)(=O)N1CCCC[C@H]1C. The van der Waals surface area contributed by atoms with E-state index in [1.165, 1.54) is 23.5 Å². The molecular formula is C23H28N4O4S. The van der Waals surface area contributed by atoms with Crippen molar-refractivity contribution in [3.63, 3.8) is 0 Å². The minimum absolute atomic E-state index is 0.0118. The van der Waals surface area contributed by atoms with Crippen LogP contribution in [0.1, 0.15) is 55.3 Å². The number of ether oxygens (including phenoxy) is 1. The van der Waals surface area contributed by atoms with Gasteiger partial charge in [0.25, 0.3) is 5.91 Å². The minimum atomic E-state index is -3.80. The molecule has 2 N–H and O–H groups in total. The second-order valence-corrected chi connectivity index (χ2v) is 10.0. The molecule has 4 rings (SSSR count). The molecule has 1 aliphatic heterocycles. The van der Waals surface area contributed by atoms with Crippen molar-refractivity contribution in [2.75, 3.05) is 13.7 Å². The number of fused-ring (bicyclic) bond motifs is 1. The number of H-pyrrole nitrogens is 1. The molecule has 32 heavy (non-hydrogen) atoms. The van der Waals surface area contributed by atoms with Gasteiger partial charge in [0.1, 0.15) is 16.5 Å². The van der Waals surface area contributed by atoms with Crippen LogP contribution >= 0.6 is 0 Å². The van der Waals surface area contributed by atoms with E-state index in [9.17, 15) is 13.2 Å². The van der Waals surface area contributed by atoms with Crippen molar-refractivity contribution in [1.82, 2.24) is 19.6 Å². The molecule has 8 nitrogen and oxygen atoms in total. The first-order valence-electron chi connectivity index (χ1n) is 10.8. The van der Waals surface area contributed by atoms with Gasteiger partial charge < -0.3 is 15.0 Å². The molecule has 1 fully saturated rings. The van der Waals surface area contributed by atoms with Crippen molar-refractivity contribution in [2.45, 2.75) is 50.1 Å². The third-order valence-electron chi connectivity index (χ3n) is 5.92. The van der Waals surface area contributed by atoms with Crippen LogP contribution in [0.5, 0.6) is 5.75 Å². The number of imidazole rings is 1. The van der Waals surface area contributed by atoms with Gasteiger partial charge in [-0.15, -0.1) is 0 Å². The van der Waals surface area contributed by atoms with Crippen LogP contribution in [0.3, 0.4) is 0 Å². The first-order valence-corrected chi connectivity index (χ1v) is 12.2. The number of aromatic nitrogens is 2. The molecule has 2 heterocycles. The van der Waals surface area contributed by atoms with E-state index in [0.717, 1.165) is 30.3 Å². The maximum atomic E-state index is 13.4. The number of piperidine rings is 1. The largest absolute Gasteiger partial charge is 0.495 e. The standard InChI is InChI=1S/C23H28N4O4S/c1-15-8-6-7-13-27(15)32(29,30)21-14-17(11-12-20(21)31-3)23(28)24-16(2)22-25-18-9-4-5-10-19(18)26-22/h4-5,9-12,14-16H,6-8,13H2,1-3H3,(H,24,28)(H,25,26)/t15-,16+/m1/s1. The highest BCUT2D eigenvalue weighted by Gasteiger charge is 2.33. The Bertz CT molecular complexity index is 1200. The van der Waals surface area contributed by atoms with Crippen molar-refractivity contribution >= 4 is 27.0 Å². The molecule has 2 aromatic carbocycles. The van der Waals surface area contributed by atoms with E-state index in [2.05, 4.69) is 15.3 Å². The molecule has 0 aliphatic carbocycles. The molecule has 1 aromatic heterocycles. The number of benzene rings is 2. The van der Waals surface area contributed by atoms with Crippen LogP contribution in [0.4, 0.5) is 0 Å². The number of para-hydroxylation sites is 2. The van der Waals surface area contributed by atoms with Crippen molar-refractivity contribution in [3.8, 4) is 5.75 Å². The topological polar surface area (TPSA) is 104 Å². The lowest BCUT2D eigenvalue weighted by molar-refractivity contribution is 0.0938. The molecule has 0 radical (unpaired) electrons. The Morgan fingerprint density at radius 2 is 2.03 bits per heavy atom. The first-order chi connectivity index (χ1) is 15.3. The Balaban J connectivity index is 1.60. The van der Waals surface area contributed by atoms with Gasteiger partial charge in [-0.05, 0) is 57.0 Å². The molecule has 1 saturated heterocycles. The van der Waals surface area contributed by atoms with E-state index < -0.39 is 10.0 Å². The summed E-state index contributed by atoms with van der Waals surface area (Å²) in [5.74, 6) is 0.469. The number of rotatable bonds is 6. The summed E-state index contributed by atoms with van der Waals surface area (Å²) < 4.78 is 33.6. The number of sulfonamides is 1. The van der Waals surface area contributed by atoms with Crippen molar-refractivity contribution in [3.05, 3.63) is 53.9 Å². The Labute approximate surface area is 188 Å². The van der Waals surface area contributed by atoms with Gasteiger partial charge >= 0.3 is 0 Å². The third kappa shape index (κ3) is 4.22. The van der Waals surface area contributed by atoms with E-state index in [1.54, 1.807) is 6.07 Å². The zero-order valence-corrected chi connectivity index (χ0v) is 19.3. The molecule has 0 unspecified atom stereocenters. The Hall–Kier alpha value is -2.91. The average molecular weight is 457 g/mol. The molecule has 170 valence electrons. The second-order valence-electron chi connectivity index (χ2n) is 8.16. The van der Waals surface area contributed by atoms with Gasteiger partial charge in [-0.1, -0.05) is 18.6 Å². The van der Waals surface area contributed by atoms with Crippen LogP contribution in [0.15, 0.2) is 47.4 Å². The van der Waals surface area contributed by atoms with Crippen LogP contribution in [0.25, 0.3) is 11.0 Å². The van der Waals surface area contributed by atoms with Crippen molar-refractivity contribution < 1.29 is 17.9 Å². The molecule has 0 spiro atoms. The molecule has 2 atom stereocenters. The fourth-order valence-electron chi connectivity index (χ4n) is 4.10. The van der Waals surface area contributed by atoms with E-state index >= 15 is 0 Å². The van der Waals surface area contributed by atoms with E-state index in [1.807, 2.05) is 38.1 Å². The van der Waals surface area contributed by atoms with Crippen LogP contribution in [-0.2, 0) is 10.0 Å². The number of hydrogen-bond acceptors (Lipinski definition) is 5. The fourth-order valence-corrected chi connectivity index (χ4v) is 5.98. The summed E-state index contributed by atoms with van der Waals surface area (Å²) in [6.45, 7) is 4.20. The highest BCUT2D eigenvalue weighted by molar-refractivity contribution is 7.89. The van der Waals surface area contributed by atoms with Crippen molar-refractivity contribution in [2.24, 2.45) is 0 Å². The number of nitrogens with zero attached hydrogens (tertiary/aromatic N) is 2. The smallest absolute Gasteiger partial charge is 0.251 e. The van der Waals surface area contributed by atoms with Gasteiger partial charge in [-0.25, -0.2) is 13.4 Å². The first kappa shape index (κ1) is 22.3. The normalized spacial score (nSPS) is 18.4. The maximum absolute atomic E-state index is 13.4. The van der Waals surface area contributed by atoms with E-state index in [0.29, 0.717) is 12.4 Å². The van der Waals surface area contributed by atoms with E-state index in [-0.39, 0.29) is 34.2 Å². The number of carbonyl (C=O) groups is 1. The molecule has 1 amide bonds.